The average molecular weight is 357 g/mol. The molecule has 0 heterocycles. The first-order valence-corrected chi connectivity index (χ1v) is 7.74. The minimum atomic E-state index is -4.34. The summed E-state index contributed by atoms with van der Waals surface area (Å²) in [6.45, 7) is 2.10. The van der Waals surface area contributed by atoms with Crippen LogP contribution >= 0.6 is 15.9 Å². The molecular weight excluding hydrogens is 341 g/mol. The van der Waals surface area contributed by atoms with E-state index in [0.29, 0.717) is 0 Å². The van der Waals surface area contributed by atoms with Crippen LogP contribution in [0.25, 0.3) is 0 Å². The van der Waals surface area contributed by atoms with Gasteiger partial charge < -0.3 is 0 Å². The molecule has 0 N–H and O–H groups in total. The van der Waals surface area contributed by atoms with E-state index in [9.17, 15) is 13.2 Å². The van der Waals surface area contributed by atoms with Crippen molar-refractivity contribution in [1.29, 1.82) is 0 Å². The Balaban J connectivity index is 2.34. The lowest BCUT2D eigenvalue weighted by Gasteiger charge is -2.17. The van der Waals surface area contributed by atoms with Crippen LogP contribution in [0.2, 0.25) is 0 Å². The fourth-order valence-electron chi connectivity index (χ4n) is 2.30. The van der Waals surface area contributed by atoms with E-state index in [1.807, 2.05) is 24.3 Å². The fraction of sp³-hybridized carbons (Fsp3) is 0.294. The average Bonchev–Trinajstić information content (AvgIpc) is 2.47. The van der Waals surface area contributed by atoms with Crippen LogP contribution in [0.3, 0.4) is 0 Å². The van der Waals surface area contributed by atoms with Crippen LogP contribution in [0.5, 0.6) is 0 Å². The third-order valence-corrected chi connectivity index (χ3v) is 4.37. The maximum absolute atomic E-state index is 13.1. The van der Waals surface area contributed by atoms with E-state index < -0.39 is 16.6 Å². The summed E-state index contributed by atoms with van der Waals surface area (Å²) in [5.41, 5.74) is 1.68. The maximum atomic E-state index is 13.1. The molecule has 1 unspecified atom stereocenters. The van der Waals surface area contributed by atoms with E-state index >= 15 is 0 Å². The highest BCUT2D eigenvalue weighted by atomic mass is 79.9. The molecule has 2 aromatic rings. The van der Waals surface area contributed by atoms with Gasteiger partial charge in [0, 0.05) is 0 Å². The fourth-order valence-corrected chi connectivity index (χ4v) is 3.00. The van der Waals surface area contributed by atoms with Crippen LogP contribution in [-0.2, 0) is 12.6 Å². The number of hydrogen-bond donors (Lipinski definition) is 0. The van der Waals surface area contributed by atoms with E-state index in [1.54, 1.807) is 6.07 Å². The molecule has 2 rings (SSSR count). The highest BCUT2D eigenvalue weighted by Gasteiger charge is 2.34. The normalized spacial score (nSPS) is 13.2. The van der Waals surface area contributed by atoms with Gasteiger partial charge in [0.05, 0.1) is 10.4 Å². The summed E-state index contributed by atoms with van der Waals surface area (Å²) in [4.78, 5) is -0.467. The zero-order valence-corrected chi connectivity index (χ0v) is 13.2. The van der Waals surface area contributed by atoms with Gasteiger partial charge >= 0.3 is 6.18 Å². The summed E-state index contributed by atoms with van der Waals surface area (Å²) in [7, 11) is 0. The Morgan fingerprint density at radius 2 is 1.62 bits per heavy atom. The lowest BCUT2D eigenvalue weighted by atomic mass is 9.98. The van der Waals surface area contributed by atoms with Crippen molar-refractivity contribution < 1.29 is 13.2 Å². The molecule has 0 aromatic heterocycles. The predicted molar refractivity (Wildman–Crippen MR) is 82.7 cm³/mol. The second-order valence-corrected chi connectivity index (χ2v) is 5.85. The lowest BCUT2D eigenvalue weighted by molar-refractivity contribution is -0.138. The van der Waals surface area contributed by atoms with Gasteiger partial charge in [-0.05, 0) is 29.2 Å². The van der Waals surface area contributed by atoms with Gasteiger partial charge in [0.15, 0.2) is 0 Å². The summed E-state index contributed by atoms with van der Waals surface area (Å²) in [5.74, 6) is 0. The van der Waals surface area contributed by atoms with Crippen molar-refractivity contribution in [2.75, 3.05) is 0 Å². The van der Waals surface area contributed by atoms with Crippen molar-refractivity contribution >= 4 is 15.9 Å². The van der Waals surface area contributed by atoms with Gasteiger partial charge in [-0.15, -0.1) is 0 Å². The third-order valence-electron chi connectivity index (χ3n) is 3.35. The first-order chi connectivity index (χ1) is 9.93. The monoisotopic (exact) mass is 356 g/mol. The van der Waals surface area contributed by atoms with Crippen LogP contribution in [0.15, 0.2) is 48.5 Å². The van der Waals surface area contributed by atoms with Crippen LogP contribution in [0.4, 0.5) is 13.2 Å². The van der Waals surface area contributed by atoms with Crippen molar-refractivity contribution in [2.45, 2.75) is 30.8 Å². The molecule has 0 aliphatic rings. The van der Waals surface area contributed by atoms with Gasteiger partial charge in [0.2, 0.25) is 0 Å². The van der Waals surface area contributed by atoms with Gasteiger partial charge in [0.25, 0.3) is 0 Å². The van der Waals surface area contributed by atoms with E-state index in [1.165, 1.54) is 17.7 Å². The molecule has 4 heteroatoms. The number of halogens is 4. The van der Waals surface area contributed by atoms with Crippen molar-refractivity contribution in [1.82, 2.24) is 0 Å². The second-order valence-electron chi connectivity index (χ2n) is 4.94. The number of alkyl halides is 4. The zero-order chi connectivity index (χ0) is 15.5. The molecule has 0 bridgehead atoms. The predicted octanol–water partition coefficient (Wildman–Crippen LogP) is 6.14. The van der Waals surface area contributed by atoms with Crippen LogP contribution < -0.4 is 0 Å². The van der Waals surface area contributed by atoms with Gasteiger partial charge in [-0.3, -0.25) is 0 Å². The molecule has 21 heavy (non-hydrogen) atoms. The first-order valence-electron chi connectivity index (χ1n) is 6.82. The summed E-state index contributed by atoms with van der Waals surface area (Å²) in [6, 6.07) is 13.4. The summed E-state index contributed by atoms with van der Waals surface area (Å²) >= 11 is 3.40. The van der Waals surface area contributed by atoms with Crippen molar-refractivity contribution in [3.8, 4) is 0 Å². The van der Waals surface area contributed by atoms with Gasteiger partial charge in [-0.1, -0.05) is 71.7 Å². The highest BCUT2D eigenvalue weighted by molar-refractivity contribution is 9.09. The maximum Gasteiger partial charge on any atom is 0.416 e. The SMILES string of the molecule is CCCc1ccc(C(Br)c2ccccc2C(F)(F)F)cc1. The Labute approximate surface area is 131 Å². The third kappa shape index (κ3) is 3.88. The molecule has 0 radical (unpaired) electrons. The molecule has 0 aliphatic heterocycles. The summed E-state index contributed by atoms with van der Waals surface area (Å²) in [5, 5.41) is 0. The van der Waals surface area contributed by atoms with Gasteiger partial charge in [-0.2, -0.15) is 13.2 Å². The molecule has 2 aromatic carbocycles. The lowest BCUT2D eigenvalue weighted by Crippen LogP contribution is -2.10. The Morgan fingerprint density at radius 3 is 2.19 bits per heavy atom. The standard InChI is InChI=1S/C17H16BrF3/c1-2-5-12-8-10-13(11-9-12)16(18)14-6-3-4-7-15(14)17(19,20)21/h3-4,6-11,16H,2,5H2,1H3. The number of benzene rings is 2. The highest BCUT2D eigenvalue weighted by Crippen LogP contribution is 2.40. The molecule has 0 nitrogen and oxygen atoms in total. The Bertz CT molecular complexity index is 588. The summed E-state index contributed by atoms with van der Waals surface area (Å²) < 4.78 is 39.2. The Hall–Kier alpha value is -1.29. The molecule has 0 spiro atoms. The van der Waals surface area contributed by atoms with Crippen molar-refractivity contribution in [3.05, 3.63) is 70.8 Å². The van der Waals surface area contributed by atoms with E-state index in [2.05, 4.69) is 22.9 Å². The Kier molecular flexibility index (Phi) is 5.09. The molecule has 0 amide bonds. The van der Waals surface area contributed by atoms with Crippen LogP contribution in [-0.4, -0.2) is 0 Å². The second kappa shape index (κ2) is 6.65. The Morgan fingerprint density at radius 1 is 1.00 bits per heavy atom. The van der Waals surface area contributed by atoms with E-state index in [-0.39, 0.29) is 5.56 Å². The first kappa shape index (κ1) is 16.1. The minimum absolute atomic E-state index is 0.244. The molecule has 0 aliphatic carbocycles. The van der Waals surface area contributed by atoms with Gasteiger partial charge in [-0.25, -0.2) is 0 Å². The smallest absolute Gasteiger partial charge is 0.166 e. The molecule has 1 atom stereocenters. The van der Waals surface area contributed by atoms with Crippen molar-refractivity contribution in [2.24, 2.45) is 0 Å². The van der Waals surface area contributed by atoms with Crippen molar-refractivity contribution in [3.63, 3.8) is 0 Å². The van der Waals surface area contributed by atoms with E-state index in [0.717, 1.165) is 24.5 Å². The molecule has 0 fully saturated rings. The topological polar surface area (TPSA) is 0 Å². The molecule has 112 valence electrons. The summed E-state index contributed by atoms with van der Waals surface area (Å²) in [6.07, 6.45) is -2.31. The van der Waals surface area contributed by atoms with Gasteiger partial charge in [0.1, 0.15) is 0 Å². The largest absolute Gasteiger partial charge is 0.416 e. The number of aryl methyl sites for hydroxylation is 1. The zero-order valence-electron chi connectivity index (χ0n) is 11.6. The van der Waals surface area contributed by atoms with Crippen LogP contribution in [0.1, 0.15) is 40.4 Å². The minimum Gasteiger partial charge on any atom is -0.166 e. The molecule has 0 saturated carbocycles. The van der Waals surface area contributed by atoms with E-state index in [4.69, 9.17) is 0 Å². The number of rotatable bonds is 4. The molecular formula is C17H16BrF3. The van der Waals surface area contributed by atoms with Crippen LogP contribution in [0, 0.1) is 0 Å². The quantitative estimate of drug-likeness (QED) is 0.577. The molecule has 0 saturated heterocycles. The number of hydrogen-bond acceptors (Lipinski definition) is 0.